The third-order valence-electron chi connectivity index (χ3n) is 3.51. The molecule has 2 N–H and O–H groups in total. The molecule has 0 fully saturated rings. The van der Waals surface area contributed by atoms with Gasteiger partial charge in [-0.05, 0) is 49.7 Å². The Labute approximate surface area is 156 Å². The number of ether oxygens (including phenoxy) is 2. The lowest BCUT2D eigenvalue weighted by Gasteiger charge is -2.17. The van der Waals surface area contributed by atoms with E-state index in [9.17, 15) is 14.7 Å². The molecule has 1 amide bonds. The van der Waals surface area contributed by atoms with E-state index in [1.54, 1.807) is 36.4 Å². The standard InChI is InChI=1S/C19H20ClNO5/c1-11(2)26-15-9-6-13(10-16(15)25-3)18(22)21-17(19(23)24)12-4-7-14(20)8-5-12/h4-11,17H,1-3H3,(H,21,22)(H,23,24). The van der Waals surface area contributed by atoms with Gasteiger partial charge in [0.15, 0.2) is 17.5 Å². The Kier molecular flexibility index (Phi) is 6.46. The summed E-state index contributed by atoms with van der Waals surface area (Å²) in [6, 6.07) is 9.73. The molecule has 6 nitrogen and oxygen atoms in total. The summed E-state index contributed by atoms with van der Waals surface area (Å²) in [7, 11) is 1.47. The predicted octanol–water partition coefficient (Wildman–Crippen LogP) is 3.69. The number of amides is 1. The molecular formula is C19H20ClNO5. The summed E-state index contributed by atoms with van der Waals surface area (Å²) >= 11 is 5.82. The van der Waals surface area contributed by atoms with Crippen molar-refractivity contribution in [2.24, 2.45) is 0 Å². The summed E-state index contributed by atoms with van der Waals surface area (Å²) < 4.78 is 10.9. The van der Waals surface area contributed by atoms with Gasteiger partial charge in [0.1, 0.15) is 0 Å². The predicted molar refractivity (Wildman–Crippen MR) is 98.1 cm³/mol. The fourth-order valence-corrected chi connectivity index (χ4v) is 2.44. The first-order valence-corrected chi connectivity index (χ1v) is 8.33. The maximum absolute atomic E-state index is 12.5. The first-order valence-electron chi connectivity index (χ1n) is 7.95. The minimum Gasteiger partial charge on any atom is -0.493 e. The normalized spacial score (nSPS) is 11.7. The second-order valence-electron chi connectivity index (χ2n) is 5.83. The lowest BCUT2D eigenvalue weighted by Crippen LogP contribution is -2.33. The lowest BCUT2D eigenvalue weighted by molar-refractivity contribution is -0.139. The maximum atomic E-state index is 12.5. The number of hydrogen-bond acceptors (Lipinski definition) is 4. The molecule has 0 heterocycles. The maximum Gasteiger partial charge on any atom is 0.330 e. The molecule has 26 heavy (non-hydrogen) atoms. The van der Waals surface area contributed by atoms with Gasteiger partial charge in [0.2, 0.25) is 0 Å². The van der Waals surface area contributed by atoms with Crippen LogP contribution < -0.4 is 14.8 Å². The van der Waals surface area contributed by atoms with Crippen LogP contribution in [0.15, 0.2) is 42.5 Å². The zero-order valence-corrected chi connectivity index (χ0v) is 15.4. The summed E-state index contributed by atoms with van der Waals surface area (Å²) in [5, 5.41) is 12.4. The molecule has 1 unspecified atom stereocenters. The van der Waals surface area contributed by atoms with E-state index in [4.69, 9.17) is 21.1 Å². The Hall–Kier alpha value is -2.73. The van der Waals surface area contributed by atoms with Gasteiger partial charge in [-0.3, -0.25) is 4.79 Å². The summed E-state index contributed by atoms with van der Waals surface area (Å²) in [4.78, 5) is 24.1. The van der Waals surface area contributed by atoms with Crippen molar-refractivity contribution in [3.8, 4) is 11.5 Å². The topological polar surface area (TPSA) is 84.9 Å². The van der Waals surface area contributed by atoms with Crippen molar-refractivity contribution in [2.75, 3.05) is 7.11 Å². The monoisotopic (exact) mass is 377 g/mol. The summed E-state index contributed by atoms with van der Waals surface area (Å²) in [5.74, 6) is -0.814. The number of carbonyl (C=O) groups excluding carboxylic acids is 1. The number of hydrogen-bond donors (Lipinski definition) is 2. The molecule has 1 atom stereocenters. The SMILES string of the molecule is COc1cc(C(=O)NC(C(=O)O)c2ccc(Cl)cc2)ccc1OC(C)C. The molecule has 0 aliphatic rings. The Bertz CT molecular complexity index is 789. The number of benzene rings is 2. The number of rotatable bonds is 7. The van der Waals surface area contributed by atoms with Gasteiger partial charge in [-0.25, -0.2) is 4.79 Å². The van der Waals surface area contributed by atoms with Crippen LogP contribution in [0, 0.1) is 0 Å². The van der Waals surface area contributed by atoms with E-state index in [0.29, 0.717) is 22.1 Å². The molecule has 2 aromatic rings. The highest BCUT2D eigenvalue weighted by atomic mass is 35.5. The van der Waals surface area contributed by atoms with Crippen LogP contribution >= 0.6 is 11.6 Å². The Morgan fingerprint density at radius 3 is 2.27 bits per heavy atom. The highest BCUT2D eigenvalue weighted by Crippen LogP contribution is 2.29. The van der Waals surface area contributed by atoms with Crippen LogP contribution in [0.5, 0.6) is 11.5 Å². The van der Waals surface area contributed by atoms with Crippen LogP contribution in [0.2, 0.25) is 5.02 Å². The Morgan fingerprint density at radius 1 is 1.08 bits per heavy atom. The molecule has 0 saturated carbocycles. The highest BCUT2D eigenvalue weighted by Gasteiger charge is 2.23. The van der Waals surface area contributed by atoms with Crippen molar-refractivity contribution in [3.05, 3.63) is 58.6 Å². The van der Waals surface area contributed by atoms with Crippen molar-refractivity contribution in [3.63, 3.8) is 0 Å². The van der Waals surface area contributed by atoms with E-state index in [1.807, 2.05) is 13.8 Å². The van der Waals surface area contributed by atoms with Gasteiger partial charge in [0, 0.05) is 10.6 Å². The Balaban J connectivity index is 2.24. The van der Waals surface area contributed by atoms with Crippen LogP contribution in [0.25, 0.3) is 0 Å². The van der Waals surface area contributed by atoms with E-state index < -0.39 is 17.9 Å². The average molecular weight is 378 g/mol. The van der Waals surface area contributed by atoms with E-state index in [-0.39, 0.29) is 11.7 Å². The van der Waals surface area contributed by atoms with Crippen molar-refractivity contribution in [1.29, 1.82) is 0 Å². The number of carboxylic acid groups (broad SMARTS) is 1. The fourth-order valence-electron chi connectivity index (χ4n) is 2.32. The number of carboxylic acids is 1. The second kappa shape index (κ2) is 8.58. The largest absolute Gasteiger partial charge is 0.493 e. The van der Waals surface area contributed by atoms with E-state index >= 15 is 0 Å². The van der Waals surface area contributed by atoms with Gasteiger partial charge in [-0.1, -0.05) is 23.7 Å². The number of halogens is 1. The molecule has 0 saturated heterocycles. The van der Waals surface area contributed by atoms with Gasteiger partial charge in [-0.15, -0.1) is 0 Å². The van der Waals surface area contributed by atoms with Crippen LogP contribution in [0.3, 0.4) is 0 Å². The van der Waals surface area contributed by atoms with E-state index in [2.05, 4.69) is 5.32 Å². The smallest absolute Gasteiger partial charge is 0.330 e. The summed E-state index contributed by atoms with van der Waals surface area (Å²) in [6.07, 6.45) is -0.0510. The number of nitrogens with one attached hydrogen (secondary N) is 1. The molecule has 0 aliphatic carbocycles. The van der Waals surface area contributed by atoms with Crippen LogP contribution in [0.4, 0.5) is 0 Å². The molecule has 138 valence electrons. The molecule has 0 aromatic heterocycles. The zero-order valence-electron chi connectivity index (χ0n) is 14.7. The quantitative estimate of drug-likeness (QED) is 0.768. The number of aliphatic carboxylic acids is 1. The molecule has 0 radical (unpaired) electrons. The molecular weight excluding hydrogens is 358 g/mol. The summed E-state index contributed by atoms with van der Waals surface area (Å²) in [6.45, 7) is 3.76. The fraction of sp³-hybridized carbons (Fsp3) is 0.263. The number of methoxy groups -OCH3 is 1. The minimum atomic E-state index is -1.20. The van der Waals surface area contributed by atoms with Gasteiger partial charge >= 0.3 is 5.97 Å². The minimum absolute atomic E-state index is 0.0510. The molecule has 0 bridgehead atoms. The first kappa shape index (κ1) is 19.6. The second-order valence-corrected chi connectivity index (χ2v) is 6.26. The third-order valence-corrected chi connectivity index (χ3v) is 3.77. The third kappa shape index (κ3) is 4.89. The van der Waals surface area contributed by atoms with Crippen LogP contribution in [0.1, 0.15) is 35.8 Å². The van der Waals surface area contributed by atoms with Gasteiger partial charge < -0.3 is 19.9 Å². The average Bonchev–Trinajstić information content (AvgIpc) is 2.60. The van der Waals surface area contributed by atoms with Crippen LogP contribution in [-0.2, 0) is 4.79 Å². The van der Waals surface area contributed by atoms with Crippen molar-refractivity contribution in [2.45, 2.75) is 26.0 Å². The van der Waals surface area contributed by atoms with Crippen molar-refractivity contribution >= 4 is 23.5 Å². The van der Waals surface area contributed by atoms with E-state index in [0.717, 1.165) is 0 Å². The number of carbonyl (C=O) groups is 2. The van der Waals surface area contributed by atoms with Gasteiger partial charge in [0.05, 0.1) is 13.2 Å². The lowest BCUT2D eigenvalue weighted by atomic mass is 10.1. The molecule has 0 aliphatic heterocycles. The van der Waals surface area contributed by atoms with Gasteiger partial charge in [-0.2, -0.15) is 0 Å². The van der Waals surface area contributed by atoms with E-state index in [1.165, 1.54) is 13.2 Å². The molecule has 7 heteroatoms. The highest BCUT2D eigenvalue weighted by molar-refractivity contribution is 6.30. The van der Waals surface area contributed by atoms with Gasteiger partial charge in [0.25, 0.3) is 5.91 Å². The van der Waals surface area contributed by atoms with Crippen molar-refractivity contribution < 1.29 is 24.2 Å². The molecule has 0 spiro atoms. The first-order chi connectivity index (χ1) is 12.3. The molecule has 2 aromatic carbocycles. The van der Waals surface area contributed by atoms with Crippen molar-refractivity contribution in [1.82, 2.24) is 5.32 Å². The summed E-state index contributed by atoms with van der Waals surface area (Å²) in [5.41, 5.74) is 0.681. The van der Waals surface area contributed by atoms with Crippen LogP contribution in [-0.4, -0.2) is 30.2 Å². The molecule has 2 rings (SSSR count). The zero-order chi connectivity index (χ0) is 19.3. The Morgan fingerprint density at radius 2 is 1.73 bits per heavy atom.